The van der Waals surface area contributed by atoms with Gasteiger partial charge in [0.2, 0.25) is 0 Å². The Morgan fingerprint density at radius 3 is 1.92 bits per heavy atom. The van der Waals surface area contributed by atoms with Crippen LogP contribution >= 0.6 is 0 Å². The van der Waals surface area contributed by atoms with Crippen molar-refractivity contribution in [2.45, 2.75) is 45.2 Å². The van der Waals surface area contributed by atoms with Crippen molar-refractivity contribution in [1.82, 2.24) is 4.90 Å². The van der Waals surface area contributed by atoms with E-state index in [1.54, 1.807) is 0 Å². The minimum atomic E-state index is 0. The summed E-state index contributed by atoms with van der Waals surface area (Å²) in [5.74, 6) is 0. The first kappa shape index (κ1) is 12.9. The van der Waals surface area contributed by atoms with Crippen LogP contribution < -0.4 is 4.90 Å². The van der Waals surface area contributed by atoms with E-state index < -0.39 is 0 Å². The van der Waals surface area contributed by atoms with E-state index in [1.807, 2.05) is 0 Å². The Balaban J connectivity index is 0.00000144. The second kappa shape index (κ2) is 5.61. The Labute approximate surface area is 83.9 Å². The van der Waals surface area contributed by atoms with E-state index in [0.29, 0.717) is 0 Å². The Bertz CT molecular complexity index is 108. The van der Waals surface area contributed by atoms with Crippen LogP contribution in [0.25, 0.3) is 0 Å². The first-order valence-corrected chi connectivity index (χ1v) is 4.93. The maximum Gasteiger partial charge on any atom is 0.0634 e. The second-order valence-electron chi connectivity index (χ2n) is 4.32. The van der Waals surface area contributed by atoms with Gasteiger partial charge in [-0.15, -0.1) is 0 Å². The summed E-state index contributed by atoms with van der Waals surface area (Å²) in [6.07, 6.45) is 5.39. The summed E-state index contributed by atoms with van der Waals surface area (Å²) in [5, 5.41) is 0. The van der Waals surface area contributed by atoms with E-state index in [2.05, 4.69) is 33.1 Å². The average Bonchev–Trinajstić information content (AvgIpc) is 2.04. The van der Waals surface area contributed by atoms with Gasteiger partial charge in [0.25, 0.3) is 0 Å². The van der Waals surface area contributed by atoms with Crippen LogP contribution in [0.4, 0.5) is 0 Å². The van der Waals surface area contributed by atoms with Gasteiger partial charge >= 0.3 is 0 Å². The molecular formula is C11H26N2. The smallest absolute Gasteiger partial charge is 0.0634 e. The van der Waals surface area contributed by atoms with E-state index in [1.165, 1.54) is 30.6 Å². The summed E-state index contributed by atoms with van der Waals surface area (Å²) in [6, 6.07) is 1.63. The fourth-order valence-electron chi connectivity index (χ4n) is 2.09. The Kier molecular flexibility index (Phi) is 5.57. The van der Waals surface area contributed by atoms with Gasteiger partial charge < -0.3 is 9.80 Å². The monoisotopic (exact) mass is 186 g/mol. The van der Waals surface area contributed by atoms with Crippen LogP contribution in [0.5, 0.6) is 0 Å². The fraction of sp³-hybridized carbons (Fsp3) is 0.909. The van der Waals surface area contributed by atoms with E-state index in [4.69, 9.17) is 0 Å². The van der Waals surface area contributed by atoms with Crippen molar-refractivity contribution in [2.24, 2.45) is 0 Å². The van der Waals surface area contributed by atoms with E-state index in [-0.39, 0.29) is 7.43 Å². The van der Waals surface area contributed by atoms with Crippen LogP contribution in [-0.2, 0) is 0 Å². The van der Waals surface area contributed by atoms with Gasteiger partial charge in [-0.25, -0.2) is 0 Å². The SMILES string of the molecule is C.[CH2-][NH+](C)C1CCC(N(C)C)CC1. The maximum absolute atomic E-state index is 4.04. The highest BCUT2D eigenvalue weighted by molar-refractivity contribution is 4.76. The molecule has 1 unspecified atom stereocenters. The van der Waals surface area contributed by atoms with Crippen molar-refractivity contribution in [3.63, 3.8) is 0 Å². The zero-order valence-electron chi connectivity index (χ0n) is 8.64. The second-order valence-corrected chi connectivity index (χ2v) is 4.32. The van der Waals surface area contributed by atoms with E-state index in [9.17, 15) is 0 Å². The third-order valence-electron chi connectivity index (χ3n) is 3.12. The van der Waals surface area contributed by atoms with Crippen molar-refractivity contribution >= 4 is 0 Å². The lowest BCUT2D eigenvalue weighted by atomic mass is 9.90. The zero-order valence-corrected chi connectivity index (χ0v) is 8.64. The molecule has 80 valence electrons. The molecule has 1 fully saturated rings. The zero-order chi connectivity index (χ0) is 9.14. The summed E-state index contributed by atoms with van der Waals surface area (Å²) < 4.78 is 0. The van der Waals surface area contributed by atoms with Gasteiger partial charge in [-0.2, -0.15) is 7.05 Å². The molecule has 0 radical (unpaired) electrons. The number of nitrogens with zero attached hydrogens (tertiary/aromatic N) is 1. The first-order valence-electron chi connectivity index (χ1n) is 4.93. The highest BCUT2D eigenvalue weighted by Crippen LogP contribution is 2.19. The van der Waals surface area contributed by atoms with Gasteiger partial charge in [0, 0.05) is 13.1 Å². The molecule has 0 saturated heterocycles. The fourth-order valence-corrected chi connectivity index (χ4v) is 2.09. The number of quaternary nitrogens is 1. The molecular weight excluding hydrogens is 160 g/mol. The minimum absolute atomic E-state index is 0. The molecule has 0 aromatic carbocycles. The number of nitrogens with one attached hydrogen (secondary N) is 1. The topological polar surface area (TPSA) is 7.68 Å². The predicted octanol–water partition coefficient (Wildman–Crippen LogP) is 0.802. The summed E-state index contributed by atoms with van der Waals surface area (Å²) >= 11 is 0. The van der Waals surface area contributed by atoms with Crippen molar-refractivity contribution in [2.75, 3.05) is 21.1 Å². The van der Waals surface area contributed by atoms with Crippen molar-refractivity contribution in [3.05, 3.63) is 7.05 Å². The Hall–Kier alpha value is -0.0800. The Morgan fingerprint density at radius 1 is 1.15 bits per heavy atom. The average molecular weight is 186 g/mol. The number of hydrogen-bond donors (Lipinski definition) is 1. The molecule has 0 aromatic rings. The molecule has 2 nitrogen and oxygen atoms in total. The van der Waals surface area contributed by atoms with E-state index >= 15 is 0 Å². The highest BCUT2D eigenvalue weighted by atomic mass is 15.1. The lowest BCUT2D eigenvalue weighted by molar-refractivity contribution is -0.861. The molecule has 0 heterocycles. The molecule has 1 N–H and O–H groups in total. The standard InChI is InChI=1S/C10H22N2.CH4/c1-11(2)9-5-7-10(8-6-9)12(3)4;/h9-11H,1,5-8H2,2-4H3;1H4. The van der Waals surface area contributed by atoms with Crippen LogP contribution in [0.15, 0.2) is 0 Å². The lowest BCUT2D eigenvalue weighted by Gasteiger charge is -2.36. The largest absolute Gasteiger partial charge is 0.468 e. The molecule has 1 atom stereocenters. The molecule has 0 bridgehead atoms. The van der Waals surface area contributed by atoms with Gasteiger partial charge in [-0.1, -0.05) is 7.43 Å². The van der Waals surface area contributed by atoms with Gasteiger partial charge in [-0.3, -0.25) is 0 Å². The van der Waals surface area contributed by atoms with Gasteiger partial charge in [0.15, 0.2) is 0 Å². The molecule has 0 amide bonds. The quantitative estimate of drug-likeness (QED) is 0.627. The molecule has 0 aliphatic heterocycles. The number of hydrogen-bond acceptors (Lipinski definition) is 1. The van der Waals surface area contributed by atoms with Crippen LogP contribution in [0.3, 0.4) is 0 Å². The molecule has 0 aromatic heterocycles. The molecule has 2 heteroatoms. The molecule has 1 aliphatic carbocycles. The summed E-state index contributed by atoms with van der Waals surface area (Å²) in [4.78, 5) is 3.74. The van der Waals surface area contributed by atoms with Crippen LogP contribution in [0.1, 0.15) is 33.1 Å². The molecule has 13 heavy (non-hydrogen) atoms. The third kappa shape index (κ3) is 3.65. The normalized spacial score (nSPS) is 31.2. The summed E-state index contributed by atoms with van der Waals surface area (Å²) in [7, 11) is 10.6. The van der Waals surface area contributed by atoms with Gasteiger partial charge in [-0.05, 0) is 39.8 Å². The molecule has 1 saturated carbocycles. The molecule has 1 aliphatic rings. The Morgan fingerprint density at radius 2 is 1.62 bits per heavy atom. The van der Waals surface area contributed by atoms with Crippen molar-refractivity contribution in [3.8, 4) is 0 Å². The van der Waals surface area contributed by atoms with Crippen LogP contribution in [0, 0.1) is 7.05 Å². The highest BCUT2D eigenvalue weighted by Gasteiger charge is 2.23. The van der Waals surface area contributed by atoms with Gasteiger partial charge in [0.05, 0.1) is 6.04 Å². The maximum atomic E-state index is 4.04. The summed E-state index contributed by atoms with van der Waals surface area (Å²) in [6.45, 7) is 0. The predicted molar refractivity (Wildman–Crippen MR) is 58.7 cm³/mol. The minimum Gasteiger partial charge on any atom is -0.468 e. The van der Waals surface area contributed by atoms with Crippen molar-refractivity contribution < 1.29 is 4.90 Å². The van der Waals surface area contributed by atoms with Crippen molar-refractivity contribution in [1.29, 1.82) is 0 Å². The van der Waals surface area contributed by atoms with Crippen LogP contribution in [0.2, 0.25) is 0 Å². The van der Waals surface area contributed by atoms with Crippen LogP contribution in [-0.4, -0.2) is 38.1 Å². The summed E-state index contributed by atoms with van der Waals surface area (Å²) in [5.41, 5.74) is 0. The lowest BCUT2D eigenvalue weighted by Crippen LogP contribution is -3.08. The third-order valence-corrected chi connectivity index (χ3v) is 3.12. The van der Waals surface area contributed by atoms with E-state index in [0.717, 1.165) is 12.1 Å². The first-order chi connectivity index (χ1) is 5.61. The van der Waals surface area contributed by atoms with Gasteiger partial charge in [0.1, 0.15) is 0 Å². The molecule has 0 spiro atoms. The number of rotatable bonds is 2. The molecule has 1 rings (SSSR count).